The third kappa shape index (κ3) is 43.4. The van der Waals surface area contributed by atoms with Crippen LogP contribution in [0.1, 0.15) is 187 Å². The molecule has 332 valence electrons. The minimum absolute atomic E-state index is 0.0416. The Hall–Kier alpha value is -2.03. The number of likely N-dealkylation sites (N-methyl/N-ethyl adjacent to an activating group) is 1. The van der Waals surface area contributed by atoms with Gasteiger partial charge in [0.2, 0.25) is 0 Å². The van der Waals surface area contributed by atoms with E-state index < -0.39 is 32.5 Å². The van der Waals surface area contributed by atoms with E-state index in [0.29, 0.717) is 17.4 Å². The molecule has 57 heavy (non-hydrogen) atoms. The highest BCUT2D eigenvalue weighted by Gasteiger charge is 2.21. The summed E-state index contributed by atoms with van der Waals surface area (Å²) in [5, 5.41) is 0. The smallest absolute Gasteiger partial charge is 0.306 e. The molecule has 0 aliphatic rings. The van der Waals surface area contributed by atoms with Crippen molar-refractivity contribution in [1.29, 1.82) is 0 Å². The van der Waals surface area contributed by atoms with E-state index in [-0.39, 0.29) is 26.1 Å². The van der Waals surface area contributed by atoms with Crippen molar-refractivity contribution in [3.8, 4) is 0 Å². The zero-order valence-corrected chi connectivity index (χ0v) is 38.2. The minimum Gasteiger partial charge on any atom is -0.756 e. The molecule has 0 rings (SSSR count). The summed E-state index contributed by atoms with van der Waals surface area (Å²) in [4.78, 5) is 37.5. The number of unbranched alkanes of at least 4 members (excludes halogenated alkanes) is 20. The lowest BCUT2D eigenvalue weighted by molar-refractivity contribution is -0.870. The molecule has 0 radical (unpaired) electrons. The third-order valence-corrected chi connectivity index (χ3v) is 10.6. The second-order valence-corrected chi connectivity index (χ2v) is 17.8. The standard InChI is InChI=1S/C47H86NO8P/c1-6-8-10-12-14-16-18-20-21-22-23-24-25-26-28-29-31-33-35-37-39-46(49)53-43-45(44-55-57(51,52)54-42-41-48(3,4)5)56-47(50)40-38-36-34-32-30-27-19-17-15-13-11-9-7-2/h16,18,20-21,27,30,34,36,45H,6-15,17,19,22-26,28-29,31-33,35,37-44H2,1-5H3/b18-16+,21-20+,30-27+,36-34+. The van der Waals surface area contributed by atoms with Crippen LogP contribution in [-0.4, -0.2) is 70.0 Å². The monoisotopic (exact) mass is 824 g/mol. The van der Waals surface area contributed by atoms with Crippen LogP contribution in [0, 0.1) is 0 Å². The Kier molecular flexibility index (Phi) is 38.0. The van der Waals surface area contributed by atoms with Crippen molar-refractivity contribution in [1.82, 2.24) is 0 Å². The van der Waals surface area contributed by atoms with E-state index in [1.165, 1.54) is 109 Å². The van der Waals surface area contributed by atoms with Gasteiger partial charge in [-0.2, -0.15) is 0 Å². The number of phosphoric ester groups is 1. The van der Waals surface area contributed by atoms with Crippen LogP contribution in [0.5, 0.6) is 0 Å². The van der Waals surface area contributed by atoms with Crippen LogP contribution in [0.4, 0.5) is 0 Å². The average Bonchev–Trinajstić information content (AvgIpc) is 3.16. The molecule has 0 saturated carbocycles. The van der Waals surface area contributed by atoms with E-state index in [2.05, 4.69) is 50.3 Å². The van der Waals surface area contributed by atoms with E-state index in [4.69, 9.17) is 18.5 Å². The number of allylic oxidation sites excluding steroid dienone is 8. The molecule has 0 aromatic carbocycles. The van der Waals surface area contributed by atoms with Gasteiger partial charge < -0.3 is 27.9 Å². The first kappa shape index (κ1) is 55.0. The molecular formula is C47H86NO8P. The van der Waals surface area contributed by atoms with E-state index in [1.807, 2.05) is 33.3 Å². The summed E-state index contributed by atoms with van der Waals surface area (Å²) in [7, 11) is 1.13. The Morgan fingerprint density at radius 2 is 1.04 bits per heavy atom. The molecule has 0 aliphatic carbocycles. The van der Waals surface area contributed by atoms with Crippen molar-refractivity contribution in [2.75, 3.05) is 47.5 Å². The van der Waals surface area contributed by atoms with Crippen LogP contribution >= 0.6 is 7.82 Å². The summed E-state index contributed by atoms with van der Waals surface area (Å²) >= 11 is 0. The second-order valence-electron chi connectivity index (χ2n) is 16.4. The van der Waals surface area contributed by atoms with Gasteiger partial charge in [0.15, 0.2) is 6.10 Å². The zero-order valence-electron chi connectivity index (χ0n) is 37.3. The molecule has 2 atom stereocenters. The highest BCUT2D eigenvalue weighted by atomic mass is 31.2. The molecular weight excluding hydrogens is 737 g/mol. The Morgan fingerprint density at radius 3 is 1.58 bits per heavy atom. The Labute approximate surface area is 350 Å². The van der Waals surface area contributed by atoms with Crippen molar-refractivity contribution in [3.05, 3.63) is 48.6 Å². The molecule has 0 fully saturated rings. The van der Waals surface area contributed by atoms with Crippen LogP contribution in [0.15, 0.2) is 48.6 Å². The van der Waals surface area contributed by atoms with Crippen LogP contribution in [-0.2, 0) is 32.7 Å². The fraction of sp³-hybridized carbons (Fsp3) is 0.787. The number of ether oxygens (including phenoxy) is 2. The first-order valence-electron chi connectivity index (χ1n) is 22.9. The largest absolute Gasteiger partial charge is 0.756 e. The van der Waals surface area contributed by atoms with Crippen molar-refractivity contribution < 1.29 is 42.1 Å². The van der Waals surface area contributed by atoms with Gasteiger partial charge in [0.1, 0.15) is 19.8 Å². The molecule has 0 spiro atoms. The van der Waals surface area contributed by atoms with Crippen molar-refractivity contribution >= 4 is 19.8 Å². The number of quaternary nitrogens is 1. The maximum Gasteiger partial charge on any atom is 0.306 e. The minimum atomic E-state index is -4.64. The zero-order chi connectivity index (χ0) is 42.1. The topological polar surface area (TPSA) is 111 Å². The van der Waals surface area contributed by atoms with Gasteiger partial charge in [0.05, 0.1) is 27.7 Å². The molecule has 0 saturated heterocycles. The van der Waals surface area contributed by atoms with E-state index >= 15 is 0 Å². The maximum atomic E-state index is 12.6. The van der Waals surface area contributed by atoms with Crippen LogP contribution in [0.2, 0.25) is 0 Å². The lowest BCUT2D eigenvalue weighted by atomic mass is 10.1. The summed E-state index contributed by atoms with van der Waals surface area (Å²) in [6.45, 7) is 4.13. The van der Waals surface area contributed by atoms with Crippen molar-refractivity contribution in [3.63, 3.8) is 0 Å². The van der Waals surface area contributed by atoms with E-state index in [1.54, 1.807) is 0 Å². The fourth-order valence-electron chi connectivity index (χ4n) is 5.99. The first-order valence-corrected chi connectivity index (χ1v) is 24.3. The molecule has 9 nitrogen and oxygen atoms in total. The lowest BCUT2D eigenvalue weighted by Crippen LogP contribution is -2.37. The predicted octanol–water partition coefficient (Wildman–Crippen LogP) is 12.4. The normalized spacial score (nSPS) is 14.0. The number of hydrogen-bond donors (Lipinski definition) is 0. The molecule has 0 aliphatic heterocycles. The number of nitrogens with zero attached hydrogens (tertiary/aromatic N) is 1. The van der Waals surface area contributed by atoms with Gasteiger partial charge in [-0.15, -0.1) is 0 Å². The number of hydrogen-bond acceptors (Lipinski definition) is 8. The van der Waals surface area contributed by atoms with Gasteiger partial charge in [0, 0.05) is 12.8 Å². The predicted molar refractivity (Wildman–Crippen MR) is 236 cm³/mol. The van der Waals surface area contributed by atoms with Gasteiger partial charge >= 0.3 is 11.9 Å². The SMILES string of the molecule is CCCCCC/C=C/C=C/CCCCCCCCCCCCC(=O)OCC(COP(=O)([O-])OCC[N+](C)(C)C)OC(=O)CC/C=C/C/C=C/CCCCCCCC. The molecule has 0 bridgehead atoms. The highest BCUT2D eigenvalue weighted by molar-refractivity contribution is 7.45. The number of rotatable bonds is 41. The van der Waals surface area contributed by atoms with Gasteiger partial charge in [-0.3, -0.25) is 14.2 Å². The number of phosphoric acid groups is 1. The van der Waals surface area contributed by atoms with Crippen molar-refractivity contribution in [2.24, 2.45) is 0 Å². The van der Waals surface area contributed by atoms with E-state index in [0.717, 1.165) is 44.9 Å². The van der Waals surface area contributed by atoms with Gasteiger partial charge in [-0.1, -0.05) is 165 Å². The number of esters is 2. The number of carbonyl (C=O) groups is 2. The summed E-state index contributed by atoms with van der Waals surface area (Å²) in [6.07, 6.45) is 45.8. The summed E-state index contributed by atoms with van der Waals surface area (Å²) < 4.78 is 33.8. The highest BCUT2D eigenvalue weighted by Crippen LogP contribution is 2.38. The second kappa shape index (κ2) is 39.4. The van der Waals surface area contributed by atoms with Crippen LogP contribution in [0.25, 0.3) is 0 Å². The molecule has 0 N–H and O–H groups in total. The van der Waals surface area contributed by atoms with Crippen molar-refractivity contribution in [2.45, 2.75) is 193 Å². The third-order valence-electron chi connectivity index (χ3n) is 9.61. The molecule has 0 heterocycles. The summed E-state index contributed by atoms with van der Waals surface area (Å²) in [6, 6.07) is 0. The quantitative estimate of drug-likeness (QED) is 0.0150. The average molecular weight is 824 g/mol. The molecule has 0 aromatic heterocycles. The lowest BCUT2D eigenvalue weighted by Gasteiger charge is -2.28. The summed E-state index contributed by atoms with van der Waals surface area (Å²) in [5.74, 6) is -0.917. The maximum absolute atomic E-state index is 12.6. The molecule has 2 unspecified atom stereocenters. The van der Waals surface area contributed by atoms with Gasteiger partial charge in [-0.25, -0.2) is 0 Å². The fourth-order valence-corrected chi connectivity index (χ4v) is 6.72. The molecule has 10 heteroatoms. The van der Waals surface area contributed by atoms with Crippen LogP contribution in [0.3, 0.4) is 0 Å². The van der Waals surface area contributed by atoms with E-state index in [9.17, 15) is 19.0 Å². The molecule has 0 amide bonds. The van der Waals surface area contributed by atoms with Gasteiger partial charge in [-0.05, 0) is 57.8 Å². The van der Waals surface area contributed by atoms with Gasteiger partial charge in [0.25, 0.3) is 7.82 Å². The Balaban J connectivity index is 4.35. The first-order chi connectivity index (χ1) is 27.5. The molecule has 0 aromatic rings. The summed E-state index contributed by atoms with van der Waals surface area (Å²) in [5.41, 5.74) is 0. The Morgan fingerprint density at radius 1 is 0.561 bits per heavy atom. The van der Waals surface area contributed by atoms with Crippen LogP contribution < -0.4 is 4.89 Å². The Bertz CT molecular complexity index is 1110. The number of carbonyl (C=O) groups excluding carboxylic acids is 2.